The van der Waals surface area contributed by atoms with E-state index in [1.165, 1.54) is 64.2 Å². The van der Waals surface area contributed by atoms with Gasteiger partial charge >= 0.3 is 0 Å². The van der Waals surface area contributed by atoms with Crippen LogP contribution >= 0.6 is 0 Å². The monoisotopic (exact) mass is 316 g/mol. The molecule has 0 radical (unpaired) electrons. The van der Waals surface area contributed by atoms with E-state index in [2.05, 4.69) is 6.92 Å². The first kappa shape index (κ1) is 21.9. The van der Waals surface area contributed by atoms with Crippen molar-refractivity contribution in [1.29, 1.82) is 0 Å². The zero-order valence-corrected chi connectivity index (χ0v) is 15.0. The number of aliphatic hydroxyl groups is 3. The Bertz CT molecular complexity index is 221. The minimum Gasteiger partial charge on any atom is -0.396 e. The Kier molecular flexibility index (Phi) is 15.7. The third-order valence-corrected chi connectivity index (χ3v) is 4.62. The molecule has 134 valence electrons. The van der Waals surface area contributed by atoms with Gasteiger partial charge in [0.15, 0.2) is 0 Å². The van der Waals surface area contributed by atoms with Crippen LogP contribution in [-0.4, -0.2) is 34.1 Å². The Morgan fingerprint density at radius 3 is 1.50 bits per heavy atom. The fourth-order valence-electron chi connectivity index (χ4n) is 2.85. The Labute approximate surface area is 138 Å². The van der Waals surface area contributed by atoms with Gasteiger partial charge in [0.05, 0.1) is 12.2 Å². The molecular formula is C19H40O3. The molecule has 0 amide bonds. The van der Waals surface area contributed by atoms with Crippen LogP contribution in [0.5, 0.6) is 0 Å². The first-order valence-electron chi connectivity index (χ1n) is 9.60. The molecule has 0 rings (SSSR count). The molecule has 0 aliphatic carbocycles. The molecule has 0 aliphatic rings. The molecular weight excluding hydrogens is 276 g/mol. The van der Waals surface area contributed by atoms with Gasteiger partial charge in [-0.3, -0.25) is 0 Å². The summed E-state index contributed by atoms with van der Waals surface area (Å²) in [4.78, 5) is 0. The Hall–Kier alpha value is -0.120. The van der Waals surface area contributed by atoms with Gasteiger partial charge in [0.1, 0.15) is 0 Å². The fourth-order valence-corrected chi connectivity index (χ4v) is 2.85. The van der Waals surface area contributed by atoms with Gasteiger partial charge < -0.3 is 15.3 Å². The molecule has 0 fully saturated rings. The molecule has 0 aromatic rings. The molecule has 0 aromatic carbocycles. The minimum absolute atomic E-state index is 0.0727. The molecule has 3 nitrogen and oxygen atoms in total. The molecule has 0 saturated heterocycles. The van der Waals surface area contributed by atoms with Gasteiger partial charge in [0, 0.05) is 12.5 Å². The van der Waals surface area contributed by atoms with Gasteiger partial charge in [-0.15, -0.1) is 0 Å². The lowest BCUT2D eigenvalue weighted by atomic mass is 9.96. The van der Waals surface area contributed by atoms with E-state index in [9.17, 15) is 10.2 Å². The van der Waals surface area contributed by atoms with Crippen molar-refractivity contribution in [3.63, 3.8) is 0 Å². The summed E-state index contributed by atoms with van der Waals surface area (Å²) in [5.41, 5.74) is 0. The molecule has 0 spiro atoms. The summed E-state index contributed by atoms with van der Waals surface area (Å²) in [6, 6.07) is 0. The van der Waals surface area contributed by atoms with E-state index in [0.29, 0.717) is 6.42 Å². The lowest BCUT2D eigenvalue weighted by Gasteiger charge is -2.22. The summed E-state index contributed by atoms with van der Waals surface area (Å²) >= 11 is 0. The summed E-state index contributed by atoms with van der Waals surface area (Å²) in [7, 11) is 0. The highest BCUT2D eigenvalue weighted by atomic mass is 16.3. The normalized spacial score (nSPS) is 15.7. The largest absolute Gasteiger partial charge is 0.396 e. The summed E-state index contributed by atoms with van der Waals surface area (Å²) in [6.45, 7) is 3.94. The molecule has 0 unspecified atom stereocenters. The molecule has 0 aliphatic heterocycles. The van der Waals surface area contributed by atoms with Crippen LogP contribution < -0.4 is 0 Å². The van der Waals surface area contributed by atoms with E-state index in [-0.39, 0.29) is 12.5 Å². The number of rotatable bonds is 16. The van der Waals surface area contributed by atoms with Crippen molar-refractivity contribution in [2.45, 2.75) is 110 Å². The van der Waals surface area contributed by atoms with E-state index < -0.39 is 12.2 Å². The zero-order valence-electron chi connectivity index (χ0n) is 15.0. The van der Waals surface area contributed by atoms with Crippen LogP contribution in [0.1, 0.15) is 97.3 Å². The Morgan fingerprint density at radius 1 is 0.682 bits per heavy atom. The molecule has 0 heterocycles. The van der Waals surface area contributed by atoms with E-state index in [1.54, 1.807) is 6.92 Å². The second kappa shape index (κ2) is 15.8. The number of hydrogen-bond acceptors (Lipinski definition) is 3. The summed E-state index contributed by atoms with van der Waals surface area (Å²) in [5, 5.41) is 28.5. The lowest BCUT2D eigenvalue weighted by molar-refractivity contribution is -0.0309. The highest BCUT2D eigenvalue weighted by Gasteiger charge is 2.21. The summed E-state index contributed by atoms with van der Waals surface area (Å²) in [6.07, 6.45) is 14.8. The predicted octanol–water partition coefficient (Wildman–Crippen LogP) is 4.43. The second-order valence-electron chi connectivity index (χ2n) is 6.90. The summed E-state index contributed by atoms with van der Waals surface area (Å²) in [5.74, 6) is -0.243. The van der Waals surface area contributed by atoms with Crippen LogP contribution in [0.15, 0.2) is 0 Å². The SMILES string of the molecule is CCCCCCCCCCCCCC[C@H](O)[C@H](O)[C@H](C)CO. The van der Waals surface area contributed by atoms with Crippen molar-refractivity contribution in [3.8, 4) is 0 Å². The van der Waals surface area contributed by atoms with E-state index >= 15 is 0 Å². The maximum atomic E-state index is 9.82. The van der Waals surface area contributed by atoms with Gasteiger partial charge in [-0.2, -0.15) is 0 Å². The molecule has 0 bridgehead atoms. The third kappa shape index (κ3) is 12.4. The number of hydrogen-bond donors (Lipinski definition) is 3. The quantitative estimate of drug-likeness (QED) is 0.369. The van der Waals surface area contributed by atoms with Gasteiger partial charge in [-0.05, 0) is 6.42 Å². The van der Waals surface area contributed by atoms with E-state index in [4.69, 9.17) is 5.11 Å². The molecule has 3 N–H and O–H groups in total. The lowest BCUT2D eigenvalue weighted by Crippen LogP contribution is -2.33. The maximum absolute atomic E-state index is 9.82. The van der Waals surface area contributed by atoms with Crippen LogP contribution in [0.25, 0.3) is 0 Å². The van der Waals surface area contributed by atoms with Crippen LogP contribution in [0.3, 0.4) is 0 Å². The van der Waals surface area contributed by atoms with E-state index in [1.807, 2.05) is 0 Å². The average Bonchev–Trinajstić information content (AvgIpc) is 2.54. The molecule has 22 heavy (non-hydrogen) atoms. The average molecular weight is 317 g/mol. The molecule has 3 heteroatoms. The standard InChI is InChI=1S/C19H40O3/c1-3-4-5-6-7-8-9-10-11-12-13-14-15-18(21)19(22)17(2)16-20/h17-22H,3-16H2,1-2H3/t17-,18+,19-/m1/s1. The number of aliphatic hydroxyl groups excluding tert-OH is 3. The van der Waals surface area contributed by atoms with Crippen molar-refractivity contribution >= 4 is 0 Å². The highest BCUT2D eigenvalue weighted by molar-refractivity contribution is 4.72. The van der Waals surface area contributed by atoms with Gasteiger partial charge in [0.25, 0.3) is 0 Å². The van der Waals surface area contributed by atoms with Crippen LogP contribution in [0.4, 0.5) is 0 Å². The fraction of sp³-hybridized carbons (Fsp3) is 1.00. The van der Waals surface area contributed by atoms with Crippen molar-refractivity contribution in [2.75, 3.05) is 6.61 Å². The highest BCUT2D eigenvalue weighted by Crippen LogP contribution is 2.15. The Balaban J connectivity index is 3.26. The van der Waals surface area contributed by atoms with Crippen LogP contribution in [0, 0.1) is 5.92 Å². The minimum atomic E-state index is -0.794. The van der Waals surface area contributed by atoms with Gasteiger partial charge in [0.2, 0.25) is 0 Å². The van der Waals surface area contributed by atoms with Crippen molar-refractivity contribution in [1.82, 2.24) is 0 Å². The van der Waals surface area contributed by atoms with Crippen LogP contribution in [0.2, 0.25) is 0 Å². The first-order valence-corrected chi connectivity index (χ1v) is 9.60. The Morgan fingerprint density at radius 2 is 1.09 bits per heavy atom. The van der Waals surface area contributed by atoms with E-state index in [0.717, 1.165) is 12.8 Å². The zero-order chi connectivity index (χ0) is 16.6. The maximum Gasteiger partial charge on any atom is 0.0846 e. The van der Waals surface area contributed by atoms with Gasteiger partial charge in [-0.25, -0.2) is 0 Å². The third-order valence-electron chi connectivity index (χ3n) is 4.62. The second-order valence-corrected chi connectivity index (χ2v) is 6.90. The summed E-state index contributed by atoms with van der Waals surface area (Å²) < 4.78 is 0. The van der Waals surface area contributed by atoms with Crippen molar-refractivity contribution < 1.29 is 15.3 Å². The van der Waals surface area contributed by atoms with Crippen LogP contribution in [-0.2, 0) is 0 Å². The predicted molar refractivity (Wildman–Crippen MR) is 94.0 cm³/mol. The molecule has 3 atom stereocenters. The van der Waals surface area contributed by atoms with Crippen molar-refractivity contribution in [2.24, 2.45) is 5.92 Å². The van der Waals surface area contributed by atoms with Gasteiger partial charge in [-0.1, -0.05) is 90.9 Å². The number of unbranched alkanes of at least 4 members (excludes halogenated alkanes) is 11. The first-order chi connectivity index (χ1) is 10.6. The van der Waals surface area contributed by atoms with Crippen molar-refractivity contribution in [3.05, 3.63) is 0 Å². The molecule has 0 saturated carbocycles. The molecule has 0 aromatic heterocycles. The topological polar surface area (TPSA) is 60.7 Å². The smallest absolute Gasteiger partial charge is 0.0846 e.